The standard InChI is InChI=1S/C6H16O5SSi/c1-9-13(10-2,11-3)6-4-5-12(7)8/h4-6H2,1-3H3,(H,7,8)/p-1. The van der Waals surface area contributed by atoms with Crippen molar-refractivity contribution in [3.05, 3.63) is 0 Å². The molecule has 0 amide bonds. The molecule has 0 saturated heterocycles. The molecule has 0 aliphatic rings. The van der Waals surface area contributed by atoms with Crippen LogP contribution in [0, 0.1) is 0 Å². The smallest absolute Gasteiger partial charge is 0.500 e. The summed E-state index contributed by atoms with van der Waals surface area (Å²) in [5, 5.41) is 0. The molecule has 0 rings (SSSR count). The van der Waals surface area contributed by atoms with Crippen molar-refractivity contribution >= 4 is 19.9 Å². The van der Waals surface area contributed by atoms with E-state index in [0.717, 1.165) is 0 Å². The highest BCUT2D eigenvalue weighted by molar-refractivity contribution is 7.79. The Morgan fingerprint density at radius 2 is 1.69 bits per heavy atom. The summed E-state index contributed by atoms with van der Waals surface area (Å²) < 4.78 is 35.8. The topological polar surface area (TPSA) is 67.8 Å². The Bertz CT molecular complexity index is 153. The highest BCUT2D eigenvalue weighted by Crippen LogP contribution is 2.14. The van der Waals surface area contributed by atoms with Gasteiger partial charge in [-0.05, 0) is 6.42 Å². The third-order valence-corrected chi connectivity index (χ3v) is 5.18. The van der Waals surface area contributed by atoms with Gasteiger partial charge in [-0.25, -0.2) is 0 Å². The van der Waals surface area contributed by atoms with Crippen LogP contribution < -0.4 is 0 Å². The van der Waals surface area contributed by atoms with Crippen LogP contribution in [0.25, 0.3) is 0 Å². The van der Waals surface area contributed by atoms with Crippen molar-refractivity contribution in [1.29, 1.82) is 0 Å². The summed E-state index contributed by atoms with van der Waals surface area (Å²) in [4.78, 5) is 0. The first-order valence-electron chi connectivity index (χ1n) is 3.81. The fraction of sp³-hybridized carbons (Fsp3) is 1.00. The quantitative estimate of drug-likeness (QED) is 0.457. The minimum atomic E-state index is -2.56. The van der Waals surface area contributed by atoms with E-state index in [9.17, 15) is 8.76 Å². The summed E-state index contributed by atoms with van der Waals surface area (Å²) in [5.74, 6) is 0.116. The van der Waals surface area contributed by atoms with Gasteiger partial charge in [-0.15, -0.1) is 0 Å². The van der Waals surface area contributed by atoms with Crippen molar-refractivity contribution in [2.75, 3.05) is 27.1 Å². The van der Waals surface area contributed by atoms with E-state index in [-0.39, 0.29) is 5.75 Å². The minimum Gasteiger partial charge on any atom is -0.772 e. The van der Waals surface area contributed by atoms with E-state index >= 15 is 0 Å². The molecule has 0 aliphatic heterocycles. The summed E-state index contributed by atoms with van der Waals surface area (Å²) in [7, 11) is 1.96. The normalized spacial score (nSPS) is 14.5. The van der Waals surface area contributed by atoms with Gasteiger partial charge in [-0.2, -0.15) is 0 Å². The molecule has 80 valence electrons. The third-order valence-electron chi connectivity index (χ3n) is 1.73. The summed E-state index contributed by atoms with van der Waals surface area (Å²) in [6.45, 7) is 0. The van der Waals surface area contributed by atoms with E-state index in [1.807, 2.05) is 0 Å². The van der Waals surface area contributed by atoms with Gasteiger partial charge in [0.2, 0.25) is 0 Å². The van der Waals surface area contributed by atoms with Crippen molar-refractivity contribution < 1.29 is 22.0 Å². The largest absolute Gasteiger partial charge is 0.772 e. The maximum absolute atomic E-state index is 10.2. The molecule has 0 saturated carbocycles. The molecular weight excluding hydrogens is 212 g/mol. The van der Waals surface area contributed by atoms with Gasteiger partial charge in [-0.3, -0.25) is 4.21 Å². The summed E-state index contributed by atoms with van der Waals surface area (Å²) in [6.07, 6.45) is 0.498. The van der Waals surface area contributed by atoms with E-state index in [2.05, 4.69) is 0 Å². The number of hydrogen-bond donors (Lipinski definition) is 0. The fourth-order valence-corrected chi connectivity index (χ4v) is 3.32. The minimum absolute atomic E-state index is 0.116. The molecule has 0 heterocycles. The zero-order chi connectivity index (χ0) is 10.3. The molecule has 0 aliphatic carbocycles. The van der Waals surface area contributed by atoms with Gasteiger partial charge in [-0.1, -0.05) is 11.1 Å². The number of hydrogen-bond acceptors (Lipinski definition) is 5. The highest BCUT2D eigenvalue weighted by Gasteiger charge is 2.36. The maximum atomic E-state index is 10.2. The van der Waals surface area contributed by atoms with E-state index < -0.39 is 19.9 Å². The Kier molecular flexibility index (Phi) is 6.74. The van der Waals surface area contributed by atoms with Crippen molar-refractivity contribution in [2.45, 2.75) is 12.5 Å². The van der Waals surface area contributed by atoms with Crippen LogP contribution in [0.1, 0.15) is 6.42 Å². The van der Waals surface area contributed by atoms with Crippen LogP contribution in [0.15, 0.2) is 0 Å². The van der Waals surface area contributed by atoms with Crippen molar-refractivity contribution in [1.82, 2.24) is 0 Å². The lowest BCUT2D eigenvalue weighted by atomic mass is 10.6. The number of rotatable bonds is 7. The molecule has 13 heavy (non-hydrogen) atoms. The predicted octanol–water partition coefficient (Wildman–Crippen LogP) is 0.134. The average molecular weight is 227 g/mol. The zero-order valence-corrected chi connectivity index (χ0v) is 9.89. The molecule has 0 aromatic rings. The van der Waals surface area contributed by atoms with Gasteiger partial charge in [0.1, 0.15) is 0 Å². The first kappa shape index (κ1) is 13.2. The first-order valence-corrected chi connectivity index (χ1v) is 6.99. The molecule has 0 aromatic carbocycles. The molecule has 0 fully saturated rings. The Hall–Kier alpha value is 0.207. The molecule has 7 heteroatoms. The second kappa shape index (κ2) is 6.63. The molecule has 0 spiro atoms. The van der Waals surface area contributed by atoms with Crippen LogP contribution in [-0.4, -0.2) is 44.6 Å². The molecule has 1 atom stereocenters. The second-order valence-corrected chi connectivity index (χ2v) is 6.51. The Balaban J connectivity index is 3.88. The van der Waals surface area contributed by atoms with Crippen LogP contribution >= 0.6 is 0 Å². The molecule has 1 unspecified atom stereocenters. The Labute approximate surface area is 82.0 Å². The average Bonchev–Trinajstić information content (AvgIpc) is 2.13. The van der Waals surface area contributed by atoms with Gasteiger partial charge in [0.25, 0.3) is 0 Å². The molecule has 0 N–H and O–H groups in total. The SMILES string of the molecule is CO[Si](CCCS(=O)[O-])(OC)OC. The van der Waals surface area contributed by atoms with Gasteiger partial charge < -0.3 is 17.8 Å². The molecular formula is C6H15O5SSi-. The fourth-order valence-electron chi connectivity index (χ4n) is 0.963. The molecule has 0 bridgehead atoms. The van der Waals surface area contributed by atoms with Crippen LogP contribution in [0.3, 0.4) is 0 Å². The van der Waals surface area contributed by atoms with Crippen LogP contribution in [-0.2, 0) is 24.4 Å². The monoisotopic (exact) mass is 227 g/mol. The lowest BCUT2D eigenvalue weighted by Gasteiger charge is -2.24. The first-order chi connectivity index (χ1) is 6.10. The third kappa shape index (κ3) is 4.84. The molecule has 0 aromatic heterocycles. The summed E-state index contributed by atoms with van der Waals surface area (Å²) >= 11 is -2.00. The van der Waals surface area contributed by atoms with Gasteiger partial charge in [0.05, 0.1) is 0 Å². The summed E-state index contributed by atoms with van der Waals surface area (Å²) in [5.41, 5.74) is 0. The molecule has 5 nitrogen and oxygen atoms in total. The van der Waals surface area contributed by atoms with Crippen LogP contribution in [0.2, 0.25) is 6.04 Å². The van der Waals surface area contributed by atoms with Crippen LogP contribution in [0.4, 0.5) is 0 Å². The summed E-state index contributed by atoms with van der Waals surface area (Å²) in [6, 6.07) is 0.518. The lowest BCUT2D eigenvalue weighted by Crippen LogP contribution is -2.42. The van der Waals surface area contributed by atoms with Gasteiger partial charge >= 0.3 is 8.80 Å². The van der Waals surface area contributed by atoms with Crippen molar-refractivity contribution in [3.8, 4) is 0 Å². The Morgan fingerprint density at radius 1 is 1.23 bits per heavy atom. The highest BCUT2D eigenvalue weighted by atomic mass is 32.2. The van der Waals surface area contributed by atoms with Crippen LogP contribution in [0.5, 0.6) is 0 Å². The van der Waals surface area contributed by atoms with Crippen molar-refractivity contribution in [2.24, 2.45) is 0 Å². The van der Waals surface area contributed by atoms with E-state index in [4.69, 9.17) is 13.3 Å². The predicted molar refractivity (Wildman–Crippen MR) is 50.0 cm³/mol. The van der Waals surface area contributed by atoms with E-state index in [1.165, 1.54) is 21.3 Å². The van der Waals surface area contributed by atoms with Crippen molar-refractivity contribution in [3.63, 3.8) is 0 Å². The maximum Gasteiger partial charge on any atom is 0.500 e. The molecule has 0 radical (unpaired) electrons. The van der Waals surface area contributed by atoms with E-state index in [0.29, 0.717) is 12.5 Å². The second-order valence-electron chi connectivity index (χ2n) is 2.41. The lowest BCUT2D eigenvalue weighted by molar-refractivity contribution is 0.123. The zero-order valence-electron chi connectivity index (χ0n) is 8.07. The Morgan fingerprint density at radius 3 is 2.00 bits per heavy atom. The van der Waals surface area contributed by atoms with E-state index in [1.54, 1.807) is 0 Å². The van der Waals surface area contributed by atoms with Gasteiger partial charge in [0.15, 0.2) is 0 Å². The van der Waals surface area contributed by atoms with Gasteiger partial charge in [0, 0.05) is 33.1 Å².